The Morgan fingerprint density at radius 3 is 2.88 bits per heavy atom. The molecule has 0 saturated heterocycles. The molecule has 16 heavy (non-hydrogen) atoms. The summed E-state index contributed by atoms with van der Waals surface area (Å²) < 4.78 is 0. The molecule has 1 atom stereocenters. The highest BCUT2D eigenvalue weighted by atomic mass is 15.0. The first kappa shape index (κ1) is 11.2. The minimum atomic E-state index is 0.596. The lowest BCUT2D eigenvalue weighted by Crippen LogP contribution is -2.15. The number of aromatic nitrogens is 2. The molecule has 88 valence electrons. The summed E-state index contributed by atoms with van der Waals surface area (Å²) in [6.07, 6.45) is 5.16. The first-order valence-electron chi connectivity index (χ1n) is 6.05. The molecule has 1 aliphatic rings. The van der Waals surface area contributed by atoms with Gasteiger partial charge in [0.1, 0.15) is 18.0 Å². The smallest absolute Gasteiger partial charge is 0.134 e. The Morgan fingerprint density at radius 1 is 1.50 bits per heavy atom. The minimum Gasteiger partial charge on any atom is -0.383 e. The molecule has 1 aromatic rings. The van der Waals surface area contributed by atoms with E-state index in [-0.39, 0.29) is 0 Å². The summed E-state index contributed by atoms with van der Waals surface area (Å²) in [6, 6.07) is 0. The highest BCUT2D eigenvalue weighted by molar-refractivity contribution is 5.54. The number of nitrogens with one attached hydrogen (secondary N) is 1. The molecule has 0 aromatic carbocycles. The molecule has 0 bridgehead atoms. The molecule has 1 aliphatic carbocycles. The highest BCUT2D eigenvalue weighted by Crippen LogP contribution is 2.36. The van der Waals surface area contributed by atoms with Crippen LogP contribution in [0.25, 0.3) is 0 Å². The second-order valence-corrected chi connectivity index (χ2v) is 4.64. The van der Waals surface area contributed by atoms with Crippen LogP contribution in [0, 0.1) is 11.8 Å². The van der Waals surface area contributed by atoms with E-state index in [4.69, 9.17) is 5.73 Å². The zero-order chi connectivity index (χ0) is 11.5. The van der Waals surface area contributed by atoms with Crippen LogP contribution < -0.4 is 11.1 Å². The van der Waals surface area contributed by atoms with E-state index in [1.54, 1.807) is 0 Å². The SMILES string of the molecule is CCc1c(N)ncnc1NCC(C)C1CC1. The lowest BCUT2D eigenvalue weighted by atomic mass is 10.1. The number of anilines is 2. The molecule has 2 rings (SSSR count). The highest BCUT2D eigenvalue weighted by Gasteiger charge is 2.27. The second kappa shape index (κ2) is 4.68. The minimum absolute atomic E-state index is 0.596. The summed E-state index contributed by atoms with van der Waals surface area (Å²) in [4.78, 5) is 8.27. The molecule has 0 radical (unpaired) electrons. The van der Waals surface area contributed by atoms with Gasteiger partial charge < -0.3 is 11.1 Å². The molecule has 4 nitrogen and oxygen atoms in total. The standard InChI is InChI=1S/C12H20N4/c1-3-10-11(13)15-7-16-12(10)14-6-8(2)9-4-5-9/h7-9H,3-6H2,1-2H3,(H3,13,14,15,16). The quantitative estimate of drug-likeness (QED) is 0.797. The molecule has 1 heterocycles. The molecular formula is C12H20N4. The fourth-order valence-electron chi connectivity index (χ4n) is 2.02. The van der Waals surface area contributed by atoms with Gasteiger partial charge in [-0.25, -0.2) is 9.97 Å². The summed E-state index contributed by atoms with van der Waals surface area (Å²) in [7, 11) is 0. The van der Waals surface area contributed by atoms with Crippen molar-refractivity contribution in [2.45, 2.75) is 33.1 Å². The van der Waals surface area contributed by atoms with Crippen molar-refractivity contribution >= 4 is 11.6 Å². The Hall–Kier alpha value is -1.32. The average Bonchev–Trinajstić information content (AvgIpc) is 3.09. The van der Waals surface area contributed by atoms with Crippen LogP contribution >= 0.6 is 0 Å². The molecule has 0 spiro atoms. The predicted octanol–water partition coefficient (Wildman–Crippen LogP) is 2.08. The van der Waals surface area contributed by atoms with Gasteiger partial charge in [-0.2, -0.15) is 0 Å². The normalized spacial score (nSPS) is 17.1. The van der Waals surface area contributed by atoms with Crippen LogP contribution in [-0.2, 0) is 6.42 Å². The Bertz CT molecular complexity index is 360. The van der Waals surface area contributed by atoms with Gasteiger partial charge in [0.15, 0.2) is 0 Å². The molecule has 1 aromatic heterocycles. The van der Waals surface area contributed by atoms with Crippen LogP contribution in [-0.4, -0.2) is 16.5 Å². The fraction of sp³-hybridized carbons (Fsp3) is 0.667. The number of rotatable bonds is 5. The van der Waals surface area contributed by atoms with Crippen molar-refractivity contribution in [3.05, 3.63) is 11.9 Å². The first-order chi connectivity index (χ1) is 7.72. The van der Waals surface area contributed by atoms with Gasteiger partial charge in [-0.15, -0.1) is 0 Å². The van der Waals surface area contributed by atoms with Crippen LogP contribution in [0.3, 0.4) is 0 Å². The molecule has 1 fully saturated rings. The topological polar surface area (TPSA) is 63.8 Å². The van der Waals surface area contributed by atoms with E-state index in [1.165, 1.54) is 19.2 Å². The number of hydrogen-bond donors (Lipinski definition) is 2. The van der Waals surface area contributed by atoms with E-state index >= 15 is 0 Å². The maximum absolute atomic E-state index is 5.82. The Kier molecular flexibility index (Phi) is 3.27. The van der Waals surface area contributed by atoms with Gasteiger partial charge in [-0.05, 0) is 31.1 Å². The average molecular weight is 220 g/mol. The third kappa shape index (κ3) is 2.43. The van der Waals surface area contributed by atoms with Crippen molar-refractivity contribution in [3.8, 4) is 0 Å². The van der Waals surface area contributed by atoms with Gasteiger partial charge >= 0.3 is 0 Å². The number of nitrogens with two attached hydrogens (primary N) is 1. The van der Waals surface area contributed by atoms with E-state index in [9.17, 15) is 0 Å². The van der Waals surface area contributed by atoms with E-state index in [0.29, 0.717) is 5.82 Å². The van der Waals surface area contributed by atoms with Gasteiger partial charge in [0, 0.05) is 12.1 Å². The van der Waals surface area contributed by atoms with Crippen molar-refractivity contribution in [2.24, 2.45) is 11.8 Å². The van der Waals surface area contributed by atoms with Gasteiger partial charge in [0.2, 0.25) is 0 Å². The third-order valence-electron chi connectivity index (χ3n) is 3.35. The van der Waals surface area contributed by atoms with E-state index in [1.807, 2.05) is 0 Å². The van der Waals surface area contributed by atoms with Crippen molar-refractivity contribution in [1.29, 1.82) is 0 Å². The zero-order valence-corrected chi connectivity index (χ0v) is 10.0. The summed E-state index contributed by atoms with van der Waals surface area (Å²) in [5.41, 5.74) is 6.85. The van der Waals surface area contributed by atoms with Crippen LogP contribution in [0.15, 0.2) is 6.33 Å². The molecular weight excluding hydrogens is 200 g/mol. The van der Waals surface area contributed by atoms with Crippen molar-refractivity contribution in [3.63, 3.8) is 0 Å². The molecule has 4 heteroatoms. The summed E-state index contributed by atoms with van der Waals surface area (Å²) in [5, 5.41) is 3.40. The van der Waals surface area contributed by atoms with Gasteiger partial charge in [0.25, 0.3) is 0 Å². The monoisotopic (exact) mass is 220 g/mol. The number of hydrogen-bond acceptors (Lipinski definition) is 4. The van der Waals surface area contributed by atoms with E-state index in [0.717, 1.165) is 36.2 Å². The molecule has 1 saturated carbocycles. The molecule has 0 amide bonds. The van der Waals surface area contributed by atoms with E-state index < -0.39 is 0 Å². The first-order valence-corrected chi connectivity index (χ1v) is 6.05. The summed E-state index contributed by atoms with van der Waals surface area (Å²) >= 11 is 0. The van der Waals surface area contributed by atoms with E-state index in [2.05, 4.69) is 29.1 Å². The van der Waals surface area contributed by atoms with Crippen molar-refractivity contribution in [1.82, 2.24) is 9.97 Å². The zero-order valence-electron chi connectivity index (χ0n) is 10.0. The predicted molar refractivity (Wildman–Crippen MR) is 66.2 cm³/mol. The second-order valence-electron chi connectivity index (χ2n) is 4.64. The Morgan fingerprint density at radius 2 is 2.25 bits per heavy atom. The molecule has 1 unspecified atom stereocenters. The summed E-state index contributed by atoms with van der Waals surface area (Å²) in [6.45, 7) is 5.35. The maximum Gasteiger partial charge on any atom is 0.134 e. The van der Waals surface area contributed by atoms with Crippen molar-refractivity contribution in [2.75, 3.05) is 17.6 Å². The lowest BCUT2D eigenvalue weighted by molar-refractivity contribution is 0.535. The van der Waals surface area contributed by atoms with Crippen LogP contribution in [0.2, 0.25) is 0 Å². The number of nitrogen functional groups attached to an aromatic ring is 1. The largest absolute Gasteiger partial charge is 0.383 e. The van der Waals surface area contributed by atoms with Crippen LogP contribution in [0.1, 0.15) is 32.3 Å². The fourth-order valence-corrected chi connectivity index (χ4v) is 2.02. The third-order valence-corrected chi connectivity index (χ3v) is 3.35. The summed E-state index contributed by atoms with van der Waals surface area (Å²) in [5.74, 6) is 3.14. The van der Waals surface area contributed by atoms with Gasteiger partial charge in [-0.3, -0.25) is 0 Å². The van der Waals surface area contributed by atoms with Crippen LogP contribution in [0.4, 0.5) is 11.6 Å². The van der Waals surface area contributed by atoms with Gasteiger partial charge in [-0.1, -0.05) is 13.8 Å². The van der Waals surface area contributed by atoms with Crippen LogP contribution in [0.5, 0.6) is 0 Å². The van der Waals surface area contributed by atoms with Gasteiger partial charge in [0.05, 0.1) is 0 Å². The molecule has 3 N–H and O–H groups in total. The lowest BCUT2D eigenvalue weighted by Gasteiger charge is -2.14. The Balaban J connectivity index is 1.99. The number of nitrogens with zero attached hydrogens (tertiary/aromatic N) is 2. The Labute approximate surface area is 96.7 Å². The maximum atomic E-state index is 5.82. The van der Waals surface area contributed by atoms with Crippen molar-refractivity contribution < 1.29 is 0 Å². The molecule has 0 aliphatic heterocycles.